The van der Waals surface area contributed by atoms with Crippen molar-refractivity contribution < 1.29 is 9.84 Å². The topological polar surface area (TPSA) is 32.8 Å². The molecule has 0 bridgehead atoms. The maximum Gasteiger partial charge on any atom is 0.121 e. The molecule has 0 aromatic carbocycles. The lowest BCUT2D eigenvalue weighted by atomic mass is 9.43. The Hall–Kier alpha value is -0.0800. The van der Waals surface area contributed by atoms with E-state index in [1.807, 2.05) is 0 Å². The van der Waals surface area contributed by atoms with Crippen LogP contribution in [0.15, 0.2) is 0 Å². The van der Waals surface area contributed by atoms with Crippen molar-refractivity contribution in [2.24, 2.45) is 52.3 Å². The van der Waals surface area contributed by atoms with E-state index in [0.717, 1.165) is 48.5 Å². The summed E-state index contributed by atoms with van der Waals surface area (Å²) in [7, 11) is 0. The average Bonchev–Trinajstić information content (AvgIpc) is 3.40. The smallest absolute Gasteiger partial charge is 0.121 e. The molecule has 5 rings (SSSR count). The van der Waals surface area contributed by atoms with Crippen molar-refractivity contribution in [3.63, 3.8) is 0 Å². The second-order valence-corrected chi connectivity index (χ2v) is 13.3. The standard InChI is InChI=1S/C28H48O2/c1-18(2)7-6-8-19(3)21-10-11-22-20-9-12-24-27(5,23(20)13-15-26(21,22)4)16-14-25(29)28(24)17-30-28/h18-25,29H,6-17H2,1-5H3/t19-,20+,21-,22+,23+,24-,25+,26-,27-,28+/m1/s1. The molecule has 0 radical (unpaired) electrons. The van der Waals surface area contributed by atoms with Gasteiger partial charge in [-0.05, 0) is 104 Å². The molecule has 1 spiro atoms. The van der Waals surface area contributed by atoms with E-state index >= 15 is 0 Å². The molecule has 4 saturated carbocycles. The molecule has 2 heteroatoms. The van der Waals surface area contributed by atoms with Crippen molar-refractivity contribution in [1.29, 1.82) is 0 Å². The number of ether oxygens (including phenoxy) is 1. The van der Waals surface area contributed by atoms with Gasteiger partial charge in [0, 0.05) is 0 Å². The predicted octanol–water partition coefficient (Wildman–Crippen LogP) is 6.85. The van der Waals surface area contributed by atoms with Gasteiger partial charge in [0.1, 0.15) is 5.60 Å². The predicted molar refractivity (Wildman–Crippen MR) is 123 cm³/mol. The molecule has 10 atom stereocenters. The quantitative estimate of drug-likeness (QED) is 0.497. The molecule has 0 unspecified atom stereocenters. The molecule has 0 aromatic rings. The minimum atomic E-state index is -0.205. The number of hydrogen-bond acceptors (Lipinski definition) is 2. The number of aliphatic hydroxyl groups excluding tert-OH is 1. The highest BCUT2D eigenvalue weighted by Gasteiger charge is 2.69. The summed E-state index contributed by atoms with van der Waals surface area (Å²) in [5, 5.41) is 10.7. The van der Waals surface area contributed by atoms with E-state index in [4.69, 9.17) is 4.74 Å². The molecule has 2 nitrogen and oxygen atoms in total. The summed E-state index contributed by atoms with van der Waals surface area (Å²) in [6.07, 6.45) is 14.8. The fourth-order valence-corrected chi connectivity index (χ4v) is 10.0. The lowest BCUT2D eigenvalue weighted by Gasteiger charge is -2.62. The maximum atomic E-state index is 10.7. The van der Waals surface area contributed by atoms with Gasteiger partial charge in [-0.2, -0.15) is 0 Å². The van der Waals surface area contributed by atoms with E-state index in [-0.39, 0.29) is 11.7 Å². The number of hydrogen-bond donors (Lipinski definition) is 1. The highest BCUT2D eigenvalue weighted by Crippen LogP contribution is 2.70. The first kappa shape index (κ1) is 21.7. The molecule has 1 saturated heterocycles. The Morgan fingerprint density at radius 3 is 2.27 bits per heavy atom. The van der Waals surface area contributed by atoms with Crippen molar-refractivity contribution in [2.75, 3.05) is 6.61 Å². The third kappa shape index (κ3) is 3.09. The summed E-state index contributed by atoms with van der Waals surface area (Å²) in [6.45, 7) is 13.5. The van der Waals surface area contributed by atoms with Gasteiger partial charge in [-0.1, -0.05) is 53.9 Å². The number of aliphatic hydroxyl groups is 1. The van der Waals surface area contributed by atoms with Crippen LogP contribution in [0.4, 0.5) is 0 Å². The zero-order valence-corrected chi connectivity index (χ0v) is 20.5. The summed E-state index contributed by atoms with van der Waals surface area (Å²) in [4.78, 5) is 0. The third-order valence-electron chi connectivity index (χ3n) is 11.7. The van der Waals surface area contributed by atoms with Gasteiger partial charge in [0.25, 0.3) is 0 Å². The summed E-state index contributed by atoms with van der Waals surface area (Å²) in [5.74, 6) is 6.06. The third-order valence-corrected chi connectivity index (χ3v) is 11.7. The van der Waals surface area contributed by atoms with Crippen molar-refractivity contribution in [3.05, 3.63) is 0 Å². The molecule has 0 aromatic heterocycles. The lowest BCUT2D eigenvalue weighted by Crippen LogP contribution is -2.59. The molecule has 1 aliphatic heterocycles. The Labute approximate surface area is 185 Å². The van der Waals surface area contributed by atoms with Crippen molar-refractivity contribution >= 4 is 0 Å². The first-order valence-electron chi connectivity index (χ1n) is 13.5. The summed E-state index contributed by atoms with van der Waals surface area (Å²) >= 11 is 0. The van der Waals surface area contributed by atoms with Crippen LogP contribution in [0, 0.1) is 52.3 Å². The Morgan fingerprint density at radius 1 is 0.867 bits per heavy atom. The SMILES string of the molecule is CC(C)CCC[C@@H](C)[C@H]1CC[C@H]2[C@@H]3CC[C@@H]4[C@](C)(CC[C@H](O)[C@]45CO5)[C@H]3CC[C@]12C. The van der Waals surface area contributed by atoms with E-state index in [2.05, 4.69) is 34.6 Å². The zero-order chi connectivity index (χ0) is 21.3. The highest BCUT2D eigenvalue weighted by atomic mass is 16.6. The van der Waals surface area contributed by atoms with E-state index < -0.39 is 0 Å². The lowest BCUT2D eigenvalue weighted by molar-refractivity contribution is -0.159. The monoisotopic (exact) mass is 416 g/mol. The van der Waals surface area contributed by atoms with Crippen LogP contribution in [0.5, 0.6) is 0 Å². The zero-order valence-electron chi connectivity index (χ0n) is 20.5. The van der Waals surface area contributed by atoms with Crippen LogP contribution in [0.3, 0.4) is 0 Å². The minimum Gasteiger partial charge on any atom is -0.390 e. The molecule has 172 valence electrons. The van der Waals surface area contributed by atoms with E-state index in [0.29, 0.717) is 16.7 Å². The van der Waals surface area contributed by atoms with Gasteiger partial charge >= 0.3 is 0 Å². The van der Waals surface area contributed by atoms with Crippen LogP contribution in [0.2, 0.25) is 0 Å². The van der Waals surface area contributed by atoms with Gasteiger partial charge in [-0.25, -0.2) is 0 Å². The minimum absolute atomic E-state index is 0.151. The number of fused-ring (bicyclic) bond motifs is 6. The summed E-state index contributed by atoms with van der Waals surface area (Å²) in [5.41, 5.74) is 0.840. The average molecular weight is 417 g/mol. The molecule has 5 fully saturated rings. The van der Waals surface area contributed by atoms with Gasteiger partial charge in [-0.15, -0.1) is 0 Å². The van der Waals surface area contributed by atoms with Crippen LogP contribution >= 0.6 is 0 Å². The molecule has 5 aliphatic rings. The van der Waals surface area contributed by atoms with Gasteiger partial charge in [0.05, 0.1) is 12.7 Å². The maximum absolute atomic E-state index is 10.7. The van der Waals surface area contributed by atoms with E-state index in [1.165, 1.54) is 64.2 Å². The summed E-state index contributed by atoms with van der Waals surface area (Å²) < 4.78 is 6.02. The molecule has 30 heavy (non-hydrogen) atoms. The first-order chi connectivity index (χ1) is 14.2. The second kappa shape index (κ2) is 7.47. The fraction of sp³-hybridized carbons (Fsp3) is 1.00. The Kier molecular flexibility index (Phi) is 5.42. The van der Waals surface area contributed by atoms with Gasteiger partial charge in [-0.3, -0.25) is 0 Å². The Balaban J connectivity index is 1.32. The van der Waals surface area contributed by atoms with Gasteiger partial charge in [0.2, 0.25) is 0 Å². The molecule has 4 aliphatic carbocycles. The number of rotatable bonds is 5. The van der Waals surface area contributed by atoms with Crippen LogP contribution in [-0.2, 0) is 4.74 Å². The molecule has 1 N–H and O–H groups in total. The van der Waals surface area contributed by atoms with Crippen LogP contribution in [0.25, 0.3) is 0 Å². The molecule has 1 heterocycles. The van der Waals surface area contributed by atoms with Crippen LogP contribution in [-0.4, -0.2) is 23.4 Å². The van der Waals surface area contributed by atoms with Gasteiger partial charge < -0.3 is 9.84 Å². The summed E-state index contributed by atoms with van der Waals surface area (Å²) in [6, 6.07) is 0. The van der Waals surface area contributed by atoms with E-state index in [9.17, 15) is 5.11 Å². The Bertz CT molecular complexity index is 639. The fourth-order valence-electron chi connectivity index (χ4n) is 10.0. The number of epoxide rings is 1. The largest absolute Gasteiger partial charge is 0.390 e. The van der Waals surface area contributed by atoms with Crippen LogP contribution in [0.1, 0.15) is 105 Å². The molecular formula is C28H48O2. The Morgan fingerprint density at radius 2 is 1.57 bits per heavy atom. The van der Waals surface area contributed by atoms with Crippen molar-refractivity contribution in [1.82, 2.24) is 0 Å². The van der Waals surface area contributed by atoms with E-state index in [1.54, 1.807) is 0 Å². The van der Waals surface area contributed by atoms with Gasteiger partial charge in [0.15, 0.2) is 0 Å². The van der Waals surface area contributed by atoms with Crippen molar-refractivity contribution in [2.45, 2.75) is 117 Å². The molecule has 0 amide bonds. The molecular weight excluding hydrogens is 368 g/mol. The normalized spacial score (nSPS) is 53.3. The van der Waals surface area contributed by atoms with Crippen molar-refractivity contribution in [3.8, 4) is 0 Å². The highest BCUT2D eigenvalue weighted by molar-refractivity contribution is 5.18. The second-order valence-electron chi connectivity index (χ2n) is 13.3. The first-order valence-corrected chi connectivity index (χ1v) is 13.5. The van der Waals surface area contributed by atoms with Crippen LogP contribution < -0.4 is 0 Å².